The molecule has 1 N–H and O–H groups in total. The van der Waals surface area contributed by atoms with Crippen LogP contribution in [0.3, 0.4) is 0 Å². The minimum absolute atomic E-state index is 0.204. The van der Waals surface area contributed by atoms with E-state index in [0.29, 0.717) is 30.0 Å². The fraction of sp³-hybridized carbons (Fsp3) is 0.458. The number of hydrogen-bond acceptors (Lipinski definition) is 5. The Morgan fingerprint density at radius 1 is 1.23 bits per heavy atom. The number of likely N-dealkylation sites (N-methyl/N-ethyl adjacent to an activating group) is 1. The normalized spacial score (nSPS) is 15.5. The number of para-hydroxylation sites is 1. The molecule has 1 amide bonds. The molecule has 0 bridgehead atoms. The number of carbonyl (C=O) groups excluding carboxylic acids is 1. The SMILES string of the molecule is CC(Oc1ccccc1Cl)C(=O)NCc1cccc(OCCN(C)C2CCOCC2)c1. The van der Waals surface area contributed by atoms with Crippen molar-refractivity contribution in [3.8, 4) is 11.5 Å². The van der Waals surface area contributed by atoms with Gasteiger partial charge >= 0.3 is 0 Å². The molecule has 1 atom stereocenters. The van der Waals surface area contributed by atoms with Crippen molar-refractivity contribution in [3.63, 3.8) is 0 Å². The van der Waals surface area contributed by atoms with Crippen LogP contribution in [0.1, 0.15) is 25.3 Å². The third-order valence-corrected chi connectivity index (χ3v) is 5.71. The molecule has 0 radical (unpaired) electrons. The van der Waals surface area contributed by atoms with E-state index in [1.54, 1.807) is 19.1 Å². The predicted molar refractivity (Wildman–Crippen MR) is 122 cm³/mol. The largest absolute Gasteiger partial charge is 0.492 e. The Kier molecular flexibility index (Phi) is 9.00. The minimum Gasteiger partial charge on any atom is -0.492 e. The molecule has 6 nitrogen and oxygen atoms in total. The first kappa shape index (κ1) is 23.4. The lowest BCUT2D eigenvalue weighted by Crippen LogP contribution is -2.38. The summed E-state index contributed by atoms with van der Waals surface area (Å²) in [5.41, 5.74) is 0.966. The van der Waals surface area contributed by atoms with Crippen molar-refractivity contribution in [2.45, 2.75) is 38.5 Å². The maximum Gasteiger partial charge on any atom is 0.261 e. The summed E-state index contributed by atoms with van der Waals surface area (Å²) in [5.74, 6) is 1.09. The number of rotatable bonds is 10. The second kappa shape index (κ2) is 11.9. The molecule has 0 spiro atoms. The van der Waals surface area contributed by atoms with E-state index in [0.717, 1.165) is 43.9 Å². The minimum atomic E-state index is -0.653. The molecule has 0 aliphatic carbocycles. The molecule has 1 unspecified atom stereocenters. The highest BCUT2D eigenvalue weighted by molar-refractivity contribution is 6.32. The number of amides is 1. The molecule has 168 valence electrons. The maximum absolute atomic E-state index is 12.4. The Balaban J connectivity index is 1.42. The van der Waals surface area contributed by atoms with E-state index in [1.165, 1.54) is 0 Å². The molecule has 1 aliphatic heterocycles. The second-order valence-electron chi connectivity index (χ2n) is 7.73. The van der Waals surface area contributed by atoms with Crippen molar-refractivity contribution < 1.29 is 19.0 Å². The first-order valence-corrected chi connectivity index (χ1v) is 11.1. The van der Waals surface area contributed by atoms with Crippen molar-refractivity contribution in [3.05, 3.63) is 59.1 Å². The lowest BCUT2D eigenvalue weighted by Gasteiger charge is -2.31. The first-order chi connectivity index (χ1) is 15.0. The van der Waals surface area contributed by atoms with Crippen LogP contribution in [0.15, 0.2) is 48.5 Å². The van der Waals surface area contributed by atoms with Gasteiger partial charge < -0.3 is 19.5 Å². The third-order valence-electron chi connectivity index (χ3n) is 5.40. The summed E-state index contributed by atoms with van der Waals surface area (Å²) in [6.07, 6.45) is 1.49. The molecule has 3 rings (SSSR count). The van der Waals surface area contributed by atoms with Crippen molar-refractivity contribution in [1.29, 1.82) is 0 Å². The third kappa shape index (κ3) is 7.42. The molecule has 2 aromatic carbocycles. The van der Waals surface area contributed by atoms with Gasteiger partial charge in [-0.3, -0.25) is 9.69 Å². The van der Waals surface area contributed by atoms with Gasteiger partial charge in [-0.05, 0) is 56.6 Å². The Morgan fingerprint density at radius 2 is 2.00 bits per heavy atom. The Hall–Kier alpha value is -2.28. The Morgan fingerprint density at radius 3 is 2.77 bits per heavy atom. The van der Waals surface area contributed by atoms with Crippen LogP contribution < -0.4 is 14.8 Å². The lowest BCUT2D eigenvalue weighted by molar-refractivity contribution is -0.127. The van der Waals surface area contributed by atoms with Crippen LogP contribution in [-0.2, 0) is 16.1 Å². The highest BCUT2D eigenvalue weighted by Gasteiger charge is 2.18. The quantitative estimate of drug-likeness (QED) is 0.599. The van der Waals surface area contributed by atoms with Crippen LogP contribution in [0.4, 0.5) is 0 Å². The van der Waals surface area contributed by atoms with E-state index in [-0.39, 0.29) is 5.91 Å². The van der Waals surface area contributed by atoms with Gasteiger partial charge in [0.1, 0.15) is 18.1 Å². The molecule has 1 fully saturated rings. The van der Waals surface area contributed by atoms with E-state index >= 15 is 0 Å². The summed E-state index contributed by atoms with van der Waals surface area (Å²) in [6, 6.07) is 15.5. The van der Waals surface area contributed by atoms with E-state index in [9.17, 15) is 4.79 Å². The van der Waals surface area contributed by atoms with Gasteiger partial charge in [-0.15, -0.1) is 0 Å². The zero-order chi connectivity index (χ0) is 22.1. The van der Waals surface area contributed by atoms with Crippen LogP contribution in [0.2, 0.25) is 5.02 Å². The Labute approximate surface area is 189 Å². The summed E-state index contributed by atoms with van der Waals surface area (Å²) in [7, 11) is 2.14. The molecule has 7 heteroatoms. The van der Waals surface area contributed by atoms with Crippen LogP contribution >= 0.6 is 11.6 Å². The van der Waals surface area contributed by atoms with Crippen molar-refractivity contribution >= 4 is 17.5 Å². The van der Waals surface area contributed by atoms with Crippen molar-refractivity contribution in [1.82, 2.24) is 10.2 Å². The van der Waals surface area contributed by atoms with Crippen LogP contribution in [0, 0.1) is 0 Å². The number of carbonyl (C=O) groups is 1. The molecular formula is C24H31ClN2O4. The number of halogens is 1. The van der Waals surface area contributed by atoms with Gasteiger partial charge in [0.05, 0.1) is 5.02 Å². The number of hydrogen-bond donors (Lipinski definition) is 1. The highest BCUT2D eigenvalue weighted by Crippen LogP contribution is 2.24. The van der Waals surface area contributed by atoms with Gasteiger partial charge in [-0.2, -0.15) is 0 Å². The fourth-order valence-electron chi connectivity index (χ4n) is 3.48. The van der Waals surface area contributed by atoms with Crippen LogP contribution in [0.5, 0.6) is 11.5 Å². The van der Waals surface area contributed by atoms with E-state index in [1.807, 2.05) is 36.4 Å². The average Bonchev–Trinajstić information content (AvgIpc) is 2.79. The summed E-state index contributed by atoms with van der Waals surface area (Å²) in [5, 5.41) is 3.38. The summed E-state index contributed by atoms with van der Waals surface area (Å²) in [6.45, 7) is 5.26. The number of nitrogens with one attached hydrogen (secondary N) is 1. The molecule has 1 aliphatic rings. The first-order valence-electron chi connectivity index (χ1n) is 10.7. The van der Waals surface area contributed by atoms with Crippen LogP contribution in [-0.4, -0.2) is 56.4 Å². The topological polar surface area (TPSA) is 60.0 Å². The van der Waals surface area contributed by atoms with Gasteiger partial charge in [0.25, 0.3) is 5.91 Å². The molecular weight excluding hydrogens is 416 g/mol. The van der Waals surface area contributed by atoms with Crippen LogP contribution in [0.25, 0.3) is 0 Å². The van der Waals surface area contributed by atoms with Gasteiger partial charge in [0.15, 0.2) is 6.10 Å². The van der Waals surface area contributed by atoms with Gasteiger partial charge in [-0.1, -0.05) is 35.9 Å². The summed E-state index contributed by atoms with van der Waals surface area (Å²) in [4.78, 5) is 14.7. The summed E-state index contributed by atoms with van der Waals surface area (Å²) >= 11 is 6.09. The zero-order valence-electron chi connectivity index (χ0n) is 18.2. The molecule has 31 heavy (non-hydrogen) atoms. The molecule has 2 aromatic rings. The monoisotopic (exact) mass is 446 g/mol. The van der Waals surface area contributed by atoms with Crippen molar-refractivity contribution in [2.75, 3.05) is 33.4 Å². The molecule has 0 saturated carbocycles. The highest BCUT2D eigenvalue weighted by atomic mass is 35.5. The molecule has 1 saturated heterocycles. The smallest absolute Gasteiger partial charge is 0.261 e. The number of nitrogens with zero attached hydrogens (tertiary/aromatic N) is 1. The van der Waals surface area contributed by atoms with E-state index < -0.39 is 6.10 Å². The second-order valence-corrected chi connectivity index (χ2v) is 8.14. The van der Waals surface area contributed by atoms with Gasteiger partial charge in [-0.25, -0.2) is 0 Å². The average molecular weight is 447 g/mol. The predicted octanol–water partition coefficient (Wildman–Crippen LogP) is 3.91. The zero-order valence-corrected chi connectivity index (χ0v) is 18.9. The lowest BCUT2D eigenvalue weighted by atomic mass is 10.1. The number of ether oxygens (including phenoxy) is 3. The van der Waals surface area contributed by atoms with Gasteiger partial charge in [0.2, 0.25) is 0 Å². The number of benzene rings is 2. The van der Waals surface area contributed by atoms with E-state index in [4.69, 9.17) is 25.8 Å². The standard InChI is InChI=1S/C24H31ClN2O4/c1-18(31-23-9-4-3-8-22(23)25)24(28)26-17-19-6-5-7-21(16-19)30-15-12-27(2)20-10-13-29-14-11-20/h3-9,16,18,20H,10-15,17H2,1-2H3,(H,26,28). The molecule has 1 heterocycles. The molecule has 0 aromatic heterocycles. The summed E-state index contributed by atoms with van der Waals surface area (Å²) < 4.78 is 17.0. The Bertz CT molecular complexity index is 842. The van der Waals surface area contributed by atoms with Crippen molar-refractivity contribution in [2.24, 2.45) is 0 Å². The fourth-order valence-corrected chi connectivity index (χ4v) is 3.66. The van der Waals surface area contributed by atoms with Gasteiger partial charge in [0, 0.05) is 32.3 Å². The maximum atomic E-state index is 12.4. The van der Waals surface area contributed by atoms with E-state index in [2.05, 4.69) is 17.3 Å².